The molecule has 1 atom stereocenters. The van der Waals surface area contributed by atoms with Gasteiger partial charge in [0.15, 0.2) is 8.07 Å². The van der Waals surface area contributed by atoms with Crippen LogP contribution in [0.2, 0.25) is 0 Å². The van der Waals surface area contributed by atoms with Gasteiger partial charge in [-0.15, -0.1) is 0 Å². The zero-order valence-corrected chi connectivity index (χ0v) is 30.7. The summed E-state index contributed by atoms with van der Waals surface area (Å²) in [5.41, 5.74) is 12.7. The standard InChI is InChI=1S/C50H36N2Si/c1-33-15-13-22-41-42-23-14-16-34(2)49(42)51(48(33)41)37-31-43-40-21-9-10-24-44(40)52-45-25-11-12-26-46(45)53(47(32-37)50(43)52,38-19-7-4-8-20-38)39-29-27-36(28-30-39)35-17-5-3-6-18-35/h3-32H,1-2H3. The summed E-state index contributed by atoms with van der Waals surface area (Å²) in [5.74, 6) is 0. The van der Waals surface area contributed by atoms with Crippen LogP contribution >= 0.6 is 0 Å². The van der Waals surface area contributed by atoms with Crippen molar-refractivity contribution in [1.29, 1.82) is 0 Å². The number of nitrogens with zero attached hydrogens (tertiary/aromatic N) is 2. The van der Waals surface area contributed by atoms with Gasteiger partial charge in [0.1, 0.15) is 0 Å². The minimum atomic E-state index is -2.93. The van der Waals surface area contributed by atoms with Crippen molar-refractivity contribution < 1.29 is 0 Å². The van der Waals surface area contributed by atoms with Crippen molar-refractivity contribution in [2.45, 2.75) is 13.8 Å². The Hall–Kier alpha value is -6.42. The van der Waals surface area contributed by atoms with Gasteiger partial charge in [-0.05, 0) is 81.1 Å². The van der Waals surface area contributed by atoms with Gasteiger partial charge in [0.2, 0.25) is 0 Å². The molecule has 1 aliphatic rings. The molecule has 3 heteroatoms. The molecular formula is C50H36N2Si. The maximum Gasteiger partial charge on any atom is 0.184 e. The molecule has 0 spiro atoms. The van der Waals surface area contributed by atoms with Crippen LogP contribution < -0.4 is 20.7 Å². The van der Waals surface area contributed by atoms with E-state index in [2.05, 4.69) is 205 Å². The highest BCUT2D eigenvalue weighted by Gasteiger charge is 2.48. The van der Waals surface area contributed by atoms with Gasteiger partial charge in [0, 0.05) is 32.9 Å². The largest absolute Gasteiger partial charge is 0.309 e. The highest BCUT2D eigenvalue weighted by Crippen LogP contribution is 2.40. The normalized spacial score (nSPS) is 15.1. The first-order chi connectivity index (χ1) is 26.1. The second kappa shape index (κ2) is 11.3. The Morgan fingerprint density at radius 1 is 0.377 bits per heavy atom. The molecule has 10 aromatic rings. The summed E-state index contributed by atoms with van der Waals surface area (Å²) in [7, 11) is -2.93. The highest BCUT2D eigenvalue weighted by molar-refractivity contribution is 7.21. The molecule has 2 aromatic heterocycles. The third kappa shape index (κ3) is 4.08. The predicted octanol–water partition coefficient (Wildman–Crippen LogP) is 9.86. The molecule has 0 fully saturated rings. The summed E-state index contributed by atoms with van der Waals surface area (Å²) in [6.45, 7) is 4.52. The van der Waals surface area contributed by atoms with E-state index in [1.54, 1.807) is 0 Å². The zero-order chi connectivity index (χ0) is 35.3. The first-order valence-corrected chi connectivity index (χ1v) is 20.5. The Kier molecular flexibility index (Phi) is 6.44. The quantitative estimate of drug-likeness (QED) is 0.163. The van der Waals surface area contributed by atoms with Gasteiger partial charge in [-0.25, -0.2) is 0 Å². The Balaban J connectivity index is 1.35. The van der Waals surface area contributed by atoms with Crippen LogP contribution in [0.1, 0.15) is 11.1 Å². The summed E-state index contributed by atoms with van der Waals surface area (Å²) in [4.78, 5) is 0. The van der Waals surface area contributed by atoms with E-state index in [1.165, 1.54) is 98.0 Å². The van der Waals surface area contributed by atoms with E-state index in [-0.39, 0.29) is 0 Å². The summed E-state index contributed by atoms with van der Waals surface area (Å²) in [6.07, 6.45) is 0. The van der Waals surface area contributed by atoms with E-state index in [0.29, 0.717) is 0 Å². The second-order valence-electron chi connectivity index (χ2n) is 14.6. The van der Waals surface area contributed by atoms with Gasteiger partial charge < -0.3 is 9.13 Å². The van der Waals surface area contributed by atoms with E-state index >= 15 is 0 Å². The van der Waals surface area contributed by atoms with Gasteiger partial charge in [-0.3, -0.25) is 0 Å². The van der Waals surface area contributed by atoms with Gasteiger partial charge in [0.25, 0.3) is 0 Å². The topological polar surface area (TPSA) is 9.86 Å². The monoisotopic (exact) mass is 692 g/mol. The lowest BCUT2D eigenvalue weighted by molar-refractivity contribution is 1.16. The first-order valence-electron chi connectivity index (χ1n) is 18.5. The van der Waals surface area contributed by atoms with Crippen molar-refractivity contribution in [3.05, 3.63) is 193 Å². The van der Waals surface area contributed by atoms with E-state index in [9.17, 15) is 0 Å². The number of hydrogen-bond acceptors (Lipinski definition) is 0. The second-order valence-corrected chi connectivity index (χ2v) is 18.3. The molecule has 53 heavy (non-hydrogen) atoms. The summed E-state index contributed by atoms with van der Waals surface area (Å²) < 4.78 is 5.13. The lowest BCUT2D eigenvalue weighted by Crippen LogP contribution is -2.76. The van der Waals surface area contributed by atoms with Crippen LogP contribution in [-0.2, 0) is 0 Å². The minimum absolute atomic E-state index is 1.21. The lowest BCUT2D eigenvalue weighted by atomic mass is 10.1. The van der Waals surface area contributed by atoms with E-state index < -0.39 is 8.07 Å². The van der Waals surface area contributed by atoms with Gasteiger partial charge in [-0.1, -0.05) is 158 Å². The molecule has 0 saturated heterocycles. The Morgan fingerprint density at radius 2 is 0.943 bits per heavy atom. The number of para-hydroxylation sites is 4. The van der Waals surface area contributed by atoms with Gasteiger partial charge in [0.05, 0.1) is 22.1 Å². The number of rotatable bonds is 4. The van der Waals surface area contributed by atoms with Crippen LogP contribution in [0.4, 0.5) is 0 Å². The summed E-state index contributed by atoms with van der Waals surface area (Å²) in [5, 5.41) is 10.8. The van der Waals surface area contributed by atoms with Crippen molar-refractivity contribution in [2.24, 2.45) is 0 Å². The number of benzene rings is 8. The molecule has 0 radical (unpaired) electrons. The van der Waals surface area contributed by atoms with Crippen molar-refractivity contribution in [3.8, 4) is 22.5 Å². The van der Waals surface area contributed by atoms with Gasteiger partial charge >= 0.3 is 0 Å². The lowest BCUT2D eigenvalue weighted by Gasteiger charge is -2.40. The van der Waals surface area contributed by atoms with E-state index in [4.69, 9.17) is 0 Å². The molecule has 0 amide bonds. The molecule has 1 unspecified atom stereocenters. The maximum absolute atomic E-state index is 2.93. The third-order valence-electron chi connectivity index (χ3n) is 11.8. The van der Waals surface area contributed by atoms with Crippen LogP contribution in [0.5, 0.6) is 0 Å². The van der Waals surface area contributed by atoms with Crippen molar-refractivity contribution in [3.63, 3.8) is 0 Å². The average Bonchev–Trinajstić information content (AvgIpc) is 3.74. The molecule has 3 heterocycles. The molecule has 1 aliphatic heterocycles. The van der Waals surface area contributed by atoms with Crippen LogP contribution in [0.25, 0.3) is 66.1 Å². The molecular weight excluding hydrogens is 657 g/mol. The molecule has 250 valence electrons. The van der Waals surface area contributed by atoms with Crippen LogP contribution in [-0.4, -0.2) is 17.2 Å². The Morgan fingerprint density at radius 3 is 1.66 bits per heavy atom. The zero-order valence-electron chi connectivity index (χ0n) is 29.7. The van der Waals surface area contributed by atoms with Crippen LogP contribution in [0.3, 0.4) is 0 Å². The molecule has 11 rings (SSSR count). The van der Waals surface area contributed by atoms with Crippen LogP contribution in [0, 0.1) is 13.8 Å². The Labute approximate surface area is 309 Å². The number of aromatic nitrogens is 2. The van der Waals surface area contributed by atoms with Crippen molar-refractivity contribution in [1.82, 2.24) is 9.13 Å². The number of hydrogen-bond donors (Lipinski definition) is 0. The van der Waals surface area contributed by atoms with Crippen molar-refractivity contribution in [2.75, 3.05) is 0 Å². The fraction of sp³-hybridized carbons (Fsp3) is 0.0400. The highest BCUT2D eigenvalue weighted by atomic mass is 28.3. The molecule has 0 bridgehead atoms. The molecule has 0 saturated carbocycles. The molecule has 8 aromatic carbocycles. The fourth-order valence-electron chi connectivity index (χ4n) is 9.61. The van der Waals surface area contributed by atoms with Gasteiger partial charge in [-0.2, -0.15) is 0 Å². The fourth-order valence-corrected chi connectivity index (χ4v) is 14.7. The molecule has 0 aliphatic carbocycles. The first kappa shape index (κ1) is 30.2. The maximum atomic E-state index is 2.58. The SMILES string of the molecule is Cc1cccc2c3cccc(C)c3n(-c3cc4c5c(c3)c3ccccc3n5-c3ccccc3[Si]4(c3ccccc3)c3ccc(-c4ccccc4)cc3)c12. The summed E-state index contributed by atoms with van der Waals surface area (Å²) >= 11 is 0. The summed E-state index contributed by atoms with van der Waals surface area (Å²) in [6, 6.07) is 68.5. The number of fused-ring (bicyclic) bond motifs is 8. The third-order valence-corrected chi connectivity index (χ3v) is 16.6. The van der Waals surface area contributed by atoms with E-state index in [0.717, 1.165) is 0 Å². The van der Waals surface area contributed by atoms with E-state index in [1.807, 2.05) is 0 Å². The molecule has 2 nitrogen and oxygen atoms in total. The van der Waals surface area contributed by atoms with Crippen molar-refractivity contribution >= 4 is 72.4 Å². The van der Waals surface area contributed by atoms with Crippen LogP contribution in [0.15, 0.2) is 182 Å². The molecule has 0 N–H and O–H groups in total. The average molecular weight is 693 g/mol. The predicted molar refractivity (Wildman–Crippen MR) is 227 cm³/mol. The minimum Gasteiger partial charge on any atom is -0.309 e. The Bertz CT molecular complexity index is 3000. The number of aryl methyl sites for hydroxylation is 2. The smallest absolute Gasteiger partial charge is 0.184 e.